The van der Waals surface area contributed by atoms with Gasteiger partial charge < -0.3 is 24.3 Å². The van der Waals surface area contributed by atoms with E-state index < -0.39 is 0 Å². The quantitative estimate of drug-likeness (QED) is 0.809. The Labute approximate surface area is 159 Å². The third kappa shape index (κ3) is 4.64. The molecule has 6 nitrogen and oxygen atoms in total. The van der Waals surface area contributed by atoms with Crippen molar-refractivity contribution in [3.05, 3.63) is 47.5 Å². The van der Waals surface area contributed by atoms with Crippen LogP contribution in [0.5, 0.6) is 23.0 Å². The molecule has 0 radical (unpaired) electrons. The van der Waals surface area contributed by atoms with E-state index in [4.69, 9.17) is 18.9 Å². The number of hydrogen-bond acceptors (Lipinski definition) is 5. The maximum Gasteiger partial charge on any atom is 0.220 e. The molecule has 0 aliphatic carbocycles. The molecule has 1 unspecified atom stereocenters. The van der Waals surface area contributed by atoms with Crippen molar-refractivity contribution >= 4 is 5.91 Å². The zero-order valence-electron chi connectivity index (χ0n) is 15.9. The molecular weight excluding hydrogens is 346 g/mol. The lowest BCUT2D eigenvalue weighted by Crippen LogP contribution is -2.27. The molecule has 6 heteroatoms. The van der Waals surface area contributed by atoms with Gasteiger partial charge in [-0.3, -0.25) is 4.79 Å². The summed E-state index contributed by atoms with van der Waals surface area (Å²) < 4.78 is 21.7. The molecule has 1 N–H and O–H groups in total. The lowest BCUT2D eigenvalue weighted by molar-refractivity contribution is -0.121. The van der Waals surface area contributed by atoms with Crippen LogP contribution in [0, 0.1) is 0 Å². The van der Waals surface area contributed by atoms with E-state index in [9.17, 15) is 4.79 Å². The van der Waals surface area contributed by atoms with Crippen LogP contribution in [0.4, 0.5) is 0 Å². The summed E-state index contributed by atoms with van der Waals surface area (Å²) >= 11 is 0. The minimum absolute atomic E-state index is 0.00725. The number of carbonyl (C=O) groups excluding carboxylic acids is 1. The van der Waals surface area contributed by atoms with Crippen LogP contribution < -0.4 is 24.3 Å². The summed E-state index contributed by atoms with van der Waals surface area (Å²) in [6.07, 6.45) is 1.02. The van der Waals surface area contributed by atoms with Crippen LogP contribution in [0.1, 0.15) is 30.5 Å². The number of rotatable bonds is 7. The summed E-state index contributed by atoms with van der Waals surface area (Å²) in [5.74, 6) is 2.81. The van der Waals surface area contributed by atoms with Gasteiger partial charge in [-0.15, -0.1) is 0 Å². The highest BCUT2D eigenvalue weighted by atomic mass is 16.6. The van der Waals surface area contributed by atoms with Crippen LogP contribution in [-0.2, 0) is 11.2 Å². The first-order valence-corrected chi connectivity index (χ1v) is 9.00. The number of amides is 1. The molecule has 0 fully saturated rings. The number of nitrogens with one attached hydrogen (secondary N) is 1. The second-order valence-electron chi connectivity index (χ2n) is 6.38. The normalized spacial score (nSPS) is 13.6. The van der Waals surface area contributed by atoms with E-state index in [0.29, 0.717) is 37.6 Å². The van der Waals surface area contributed by atoms with Crippen molar-refractivity contribution < 1.29 is 23.7 Å². The smallest absolute Gasteiger partial charge is 0.220 e. The van der Waals surface area contributed by atoms with Crippen molar-refractivity contribution in [2.45, 2.75) is 25.8 Å². The van der Waals surface area contributed by atoms with Crippen molar-refractivity contribution in [2.24, 2.45) is 0 Å². The Morgan fingerprint density at radius 2 is 1.78 bits per heavy atom. The van der Waals surface area contributed by atoms with Gasteiger partial charge in [0.1, 0.15) is 13.2 Å². The van der Waals surface area contributed by atoms with E-state index in [1.54, 1.807) is 14.2 Å². The monoisotopic (exact) mass is 371 g/mol. The fraction of sp³-hybridized carbons (Fsp3) is 0.381. The number of ether oxygens (including phenoxy) is 4. The van der Waals surface area contributed by atoms with E-state index in [0.717, 1.165) is 22.6 Å². The molecule has 0 saturated heterocycles. The van der Waals surface area contributed by atoms with Crippen LogP contribution in [0.25, 0.3) is 0 Å². The predicted octanol–water partition coefficient (Wildman–Crippen LogP) is 3.29. The van der Waals surface area contributed by atoms with Gasteiger partial charge in [0, 0.05) is 6.42 Å². The first-order valence-electron chi connectivity index (χ1n) is 9.00. The van der Waals surface area contributed by atoms with Crippen molar-refractivity contribution in [2.75, 3.05) is 27.4 Å². The van der Waals surface area contributed by atoms with Crippen LogP contribution in [-0.4, -0.2) is 33.3 Å². The van der Waals surface area contributed by atoms with Crippen molar-refractivity contribution in [1.29, 1.82) is 0 Å². The molecule has 1 aliphatic heterocycles. The van der Waals surface area contributed by atoms with Gasteiger partial charge >= 0.3 is 0 Å². The van der Waals surface area contributed by atoms with E-state index in [1.165, 1.54) is 0 Å². The second-order valence-corrected chi connectivity index (χ2v) is 6.38. The average molecular weight is 371 g/mol. The first kappa shape index (κ1) is 18.9. The van der Waals surface area contributed by atoms with E-state index in [-0.39, 0.29) is 11.9 Å². The summed E-state index contributed by atoms with van der Waals surface area (Å²) in [6, 6.07) is 11.3. The number of benzene rings is 2. The van der Waals surface area contributed by atoms with E-state index in [2.05, 4.69) is 5.32 Å². The lowest BCUT2D eigenvalue weighted by Gasteiger charge is -2.21. The fourth-order valence-corrected chi connectivity index (χ4v) is 3.02. The SMILES string of the molecule is COc1ccc(CCC(=O)NC(C)c2ccc3c(c2)OCCO3)cc1OC. The molecule has 0 bridgehead atoms. The van der Waals surface area contributed by atoms with Gasteiger partial charge in [0.25, 0.3) is 0 Å². The molecule has 0 aromatic heterocycles. The molecule has 2 aromatic carbocycles. The Bertz CT molecular complexity index is 805. The molecule has 1 heterocycles. The Balaban J connectivity index is 1.56. The van der Waals surface area contributed by atoms with Gasteiger partial charge in [0.2, 0.25) is 5.91 Å². The predicted molar refractivity (Wildman–Crippen MR) is 102 cm³/mol. The molecular formula is C21H25NO5. The maximum absolute atomic E-state index is 12.3. The minimum atomic E-state index is -0.112. The van der Waals surface area contributed by atoms with Crippen molar-refractivity contribution in [1.82, 2.24) is 5.32 Å². The zero-order valence-corrected chi connectivity index (χ0v) is 15.9. The zero-order chi connectivity index (χ0) is 19.2. The molecule has 1 atom stereocenters. The van der Waals surface area contributed by atoms with Crippen LogP contribution in [0.3, 0.4) is 0 Å². The Morgan fingerprint density at radius 1 is 1.04 bits per heavy atom. The molecule has 1 aliphatic rings. The largest absolute Gasteiger partial charge is 0.493 e. The number of methoxy groups -OCH3 is 2. The summed E-state index contributed by atoms with van der Waals surface area (Å²) in [5.41, 5.74) is 2.01. The number of fused-ring (bicyclic) bond motifs is 1. The molecule has 2 aromatic rings. The Hall–Kier alpha value is -2.89. The molecule has 0 spiro atoms. The molecule has 27 heavy (non-hydrogen) atoms. The topological polar surface area (TPSA) is 66.0 Å². The molecule has 1 amide bonds. The molecule has 0 saturated carbocycles. The second kappa shape index (κ2) is 8.66. The Kier molecular flexibility index (Phi) is 6.06. The van der Waals surface area contributed by atoms with Crippen LogP contribution >= 0.6 is 0 Å². The van der Waals surface area contributed by atoms with Gasteiger partial charge in [0.05, 0.1) is 20.3 Å². The highest BCUT2D eigenvalue weighted by Gasteiger charge is 2.16. The number of carbonyl (C=O) groups is 1. The third-order valence-corrected chi connectivity index (χ3v) is 4.53. The van der Waals surface area contributed by atoms with Gasteiger partial charge in [-0.05, 0) is 48.7 Å². The van der Waals surface area contributed by atoms with Gasteiger partial charge in [-0.25, -0.2) is 0 Å². The van der Waals surface area contributed by atoms with Crippen LogP contribution in [0.2, 0.25) is 0 Å². The summed E-state index contributed by atoms with van der Waals surface area (Å²) in [4.78, 5) is 12.3. The number of aryl methyl sites for hydroxylation is 1. The van der Waals surface area contributed by atoms with Crippen molar-refractivity contribution in [3.8, 4) is 23.0 Å². The van der Waals surface area contributed by atoms with E-state index in [1.807, 2.05) is 43.3 Å². The average Bonchev–Trinajstić information content (AvgIpc) is 2.71. The van der Waals surface area contributed by atoms with Crippen molar-refractivity contribution in [3.63, 3.8) is 0 Å². The standard InChI is InChI=1S/C21H25NO5/c1-14(16-6-8-18-20(13-16)27-11-10-26-18)22-21(23)9-5-15-4-7-17(24-2)19(12-15)25-3/h4,6-8,12-14H,5,9-11H2,1-3H3,(H,22,23). The summed E-state index contributed by atoms with van der Waals surface area (Å²) in [6.45, 7) is 3.07. The number of hydrogen-bond donors (Lipinski definition) is 1. The molecule has 3 rings (SSSR count). The minimum Gasteiger partial charge on any atom is -0.493 e. The lowest BCUT2D eigenvalue weighted by atomic mass is 10.1. The van der Waals surface area contributed by atoms with E-state index >= 15 is 0 Å². The van der Waals surface area contributed by atoms with Gasteiger partial charge in [-0.1, -0.05) is 12.1 Å². The molecule has 144 valence electrons. The van der Waals surface area contributed by atoms with Gasteiger partial charge in [-0.2, -0.15) is 0 Å². The fourth-order valence-electron chi connectivity index (χ4n) is 3.02. The van der Waals surface area contributed by atoms with Gasteiger partial charge in [0.15, 0.2) is 23.0 Å². The summed E-state index contributed by atoms with van der Waals surface area (Å²) in [7, 11) is 3.20. The Morgan fingerprint density at radius 3 is 2.52 bits per heavy atom. The highest BCUT2D eigenvalue weighted by molar-refractivity contribution is 5.76. The highest BCUT2D eigenvalue weighted by Crippen LogP contribution is 2.32. The first-order chi connectivity index (χ1) is 13.1. The maximum atomic E-state index is 12.3. The van der Waals surface area contributed by atoms with Crippen LogP contribution in [0.15, 0.2) is 36.4 Å². The summed E-state index contributed by atoms with van der Waals surface area (Å²) in [5, 5.41) is 3.03. The third-order valence-electron chi connectivity index (χ3n) is 4.53.